The maximum atomic E-state index is 8.50. The molecule has 3 atom stereocenters. The van der Waals surface area contributed by atoms with E-state index in [1.54, 1.807) is 0 Å². The Bertz CT molecular complexity index is 230. The number of hydrogen-bond acceptors (Lipinski definition) is 3. The highest BCUT2D eigenvalue weighted by Crippen LogP contribution is 2.26. The first-order valence-electron chi connectivity index (χ1n) is 6.38. The van der Waals surface area contributed by atoms with Crippen molar-refractivity contribution in [3.63, 3.8) is 0 Å². The first kappa shape index (κ1) is 13.3. The molecule has 0 aliphatic heterocycles. The van der Waals surface area contributed by atoms with Crippen molar-refractivity contribution in [3.8, 4) is 0 Å². The first-order chi connectivity index (χ1) is 7.65. The Morgan fingerprint density at radius 2 is 2.31 bits per heavy atom. The van der Waals surface area contributed by atoms with Gasteiger partial charge in [-0.3, -0.25) is 0 Å². The number of rotatable bonds is 5. The minimum Gasteiger partial charge on any atom is -0.409 e. The van der Waals surface area contributed by atoms with Gasteiger partial charge in [0.15, 0.2) is 0 Å². The van der Waals surface area contributed by atoms with Gasteiger partial charge >= 0.3 is 0 Å². The van der Waals surface area contributed by atoms with Gasteiger partial charge in [0.2, 0.25) is 0 Å². The summed E-state index contributed by atoms with van der Waals surface area (Å²) in [5.74, 6) is 1.19. The second-order valence-corrected chi connectivity index (χ2v) is 5.00. The normalized spacial score (nSPS) is 29.0. The minimum absolute atomic E-state index is 0.288. The van der Waals surface area contributed by atoms with Gasteiger partial charge in [0.25, 0.3) is 0 Å². The van der Waals surface area contributed by atoms with E-state index in [9.17, 15) is 0 Å². The second-order valence-electron chi connectivity index (χ2n) is 5.00. The van der Waals surface area contributed by atoms with Gasteiger partial charge in [-0.05, 0) is 25.7 Å². The zero-order valence-corrected chi connectivity index (χ0v) is 10.4. The highest BCUT2D eigenvalue weighted by Gasteiger charge is 2.21. The Labute approximate surface area is 98.3 Å². The molecule has 94 valence electrons. The molecule has 0 saturated heterocycles. The Morgan fingerprint density at radius 3 is 2.94 bits per heavy atom. The molecule has 0 heterocycles. The fraction of sp³-hybridized carbons (Fsp3) is 0.917. The third kappa shape index (κ3) is 4.39. The fourth-order valence-electron chi connectivity index (χ4n) is 2.63. The Kier molecular flexibility index (Phi) is 5.60. The topological polar surface area (TPSA) is 70.6 Å². The number of nitrogens with zero attached hydrogens (tertiary/aromatic N) is 1. The third-order valence-corrected chi connectivity index (χ3v) is 3.52. The van der Waals surface area contributed by atoms with Crippen molar-refractivity contribution in [3.05, 3.63) is 0 Å². The van der Waals surface area contributed by atoms with Crippen molar-refractivity contribution in [2.75, 3.05) is 0 Å². The standard InChI is InChI=1S/C12H25N3O/c1-3-10-5-4-6-11(8-10)14-9(2)7-12(13)15-16/h9-11,14,16H,3-8H2,1-2H3,(H2,13,15). The lowest BCUT2D eigenvalue weighted by Gasteiger charge is -2.31. The van der Waals surface area contributed by atoms with Crippen LogP contribution in [0.15, 0.2) is 5.16 Å². The van der Waals surface area contributed by atoms with Gasteiger partial charge in [-0.1, -0.05) is 31.3 Å². The molecule has 0 bridgehead atoms. The van der Waals surface area contributed by atoms with Crippen LogP contribution in [0.4, 0.5) is 0 Å². The summed E-state index contributed by atoms with van der Waals surface area (Å²) in [6.07, 6.45) is 7.14. The van der Waals surface area contributed by atoms with Gasteiger partial charge in [-0.15, -0.1) is 0 Å². The number of amidine groups is 1. The zero-order valence-electron chi connectivity index (χ0n) is 10.4. The number of oxime groups is 1. The molecule has 0 aromatic rings. The van der Waals surface area contributed by atoms with Crippen LogP contribution < -0.4 is 11.1 Å². The van der Waals surface area contributed by atoms with Crippen LogP contribution in [-0.2, 0) is 0 Å². The fourth-order valence-corrected chi connectivity index (χ4v) is 2.63. The molecular formula is C12H25N3O. The summed E-state index contributed by atoms with van der Waals surface area (Å²) in [7, 11) is 0. The third-order valence-electron chi connectivity index (χ3n) is 3.52. The average molecular weight is 227 g/mol. The maximum absolute atomic E-state index is 8.50. The SMILES string of the molecule is CCC1CCCC(NC(C)CC(N)=NO)C1. The Balaban J connectivity index is 2.30. The van der Waals surface area contributed by atoms with Crippen LogP contribution in [0.25, 0.3) is 0 Å². The smallest absolute Gasteiger partial charge is 0.140 e. The summed E-state index contributed by atoms with van der Waals surface area (Å²) < 4.78 is 0. The van der Waals surface area contributed by atoms with E-state index in [1.807, 2.05) is 0 Å². The Hall–Kier alpha value is -0.770. The molecule has 3 unspecified atom stereocenters. The summed E-state index contributed by atoms with van der Waals surface area (Å²) in [5, 5.41) is 15.1. The molecule has 16 heavy (non-hydrogen) atoms. The molecule has 0 aromatic heterocycles. The molecule has 4 N–H and O–H groups in total. The van der Waals surface area contributed by atoms with Crippen LogP contribution >= 0.6 is 0 Å². The van der Waals surface area contributed by atoms with Crippen molar-refractivity contribution in [1.82, 2.24) is 5.32 Å². The minimum atomic E-state index is 0.288. The molecule has 1 aliphatic rings. The Morgan fingerprint density at radius 1 is 1.56 bits per heavy atom. The molecule has 1 fully saturated rings. The highest BCUT2D eigenvalue weighted by molar-refractivity contribution is 5.80. The molecule has 0 radical (unpaired) electrons. The van der Waals surface area contributed by atoms with Gasteiger partial charge in [0.05, 0.1) is 0 Å². The lowest BCUT2D eigenvalue weighted by atomic mass is 9.84. The molecule has 1 saturated carbocycles. The van der Waals surface area contributed by atoms with Crippen LogP contribution in [0.1, 0.15) is 52.4 Å². The summed E-state index contributed by atoms with van der Waals surface area (Å²) in [6.45, 7) is 4.36. The number of nitrogens with two attached hydrogens (primary N) is 1. The van der Waals surface area contributed by atoms with Gasteiger partial charge in [0, 0.05) is 18.5 Å². The second kappa shape index (κ2) is 6.74. The molecule has 1 rings (SSSR count). The predicted molar refractivity (Wildman–Crippen MR) is 66.7 cm³/mol. The van der Waals surface area contributed by atoms with E-state index in [4.69, 9.17) is 10.9 Å². The van der Waals surface area contributed by atoms with Crippen LogP contribution in [0.2, 0.25) is 0 Å². The van der Waals surface area contributed by atoms with Crippen LogP contribution in [0.5, 0.6) is 0 Å². The lowest BCUT2D eigenvalue weighted by Crippen LogP contribution is -2.41. The predicted octanol–water partition coefficient (Wildman–Crippen LogP) is 2.07. The lowest BCUT2D eigenvalue weighted by molar-refractivity contribution is 0.265. The van der Waals surface area contributed by atoms with Crippen LogP contribution in [0, 0.1) is 5.92 Å². The van der Waals surface area contributed by atoms with E-state index in [-0.39, 0.29) is 6.04 Å². The molecule has 4 nitrogen and oxygen atoms in total. The maximum Gasteiger partial charge on any atom is 0.140 e. The molecule has 0 spiro atoms. The summed E-state index contributed by atoms with van der Waals surface area (Å²) in [6, 6.07) is 0.900. The van der Waals surface area contributed by atoms with E-state index in [0.29, 0.717) is 18.3 Å². The largest absolute Gasteiger partial charge is 0.409 e. The molecule has 0 amide bonds. The van der Waals surface area contributed by atoms with Crippen LogP contribution in [0.3, 0.4) is 0 Å². The zero-order chi connectivity index (χ0) is 12.0. The number of hydrogen-bond donors (Lipinski definition) is 3. The van der Waals surface area contributed by atoms with Gasteiger partial charge in [0.1, 0.15) is 5.84 Å². The van der Waals surface area contributed by atoms with E-state index >= 15 is 0 Å². The van der Waals surface area contributed by atoms with Gasteiger partial charge in [-0.25, -0.2) is 0 Å². The van der Waals surface area contributed by atoms with Crippen molar-refractivity contribution in [1.29, 1.82) is 0 Å². The van der Waals surface area contributed by atoms with Crippen molar-refractivity contribution in [2.24, 2.45) is 16.8 Å². The van der Waals surface area contributed by atoms with Crippen LogP contribution in [-0.4, -0.2) is 23.1 Å². The monoisotopic (exact) mass is 227 g/mol. The summed E-state index contributed by atoms with van der Waals surface area (Å²) in [5.41, 5.74) is 5.49. The quantitative estimate of drug-likeness (QED) is 0.291. The van der Waals surface area contributed by atoms with Crippen molar-refractivity contribution < 1.29 is 5.21 Å². The average Bonchev–Trinajstić information content (AvgIpc) is 2.28. The van der Waals surface area contributed by atoms with E-state index in [0.717, 1.165) is 5.92 Å². The van der Waals surface area contributed by atoms with E-state index in [1.165, 1.54) is 32.1 Å². The van der Waals surface area contributed by atoms with Gasteiger partial charge in [-0.2, -0.15) is 0 Å². The van der Waals surface area contributed by atoms with Crippen molar-refractivity contribution in [2.45, 2.75) is 64.5 Å². The highest BCUT2D eigenvalue weighted by atomic mass is 16.4. The van der Waals surface area contributed by atoms with Gasteiger partial charge < -0.3 is 16.3 Å². The number of nitrogens with one attached hydrogen (secondary N) is 1. The van der Waals surface area contributed by atoms with E-state index < -0.39 is 0 Å². The summed E-state index contributed by atoms with van der Waals surface area (Å²) >= 11 is 0. The first-order valence-corrected chi connectivity index (χ1v) is 6.38. The molecular weight excluding hydrogens is 202 g/mol. The molecule has 1 aliphatic carbocycles. The van der Waals surface area contributed by atoms with Crippen molar-refractivity contribution >= 4 is 5.84 Å². The van der Waals surface area contributed by atoms with E-state index in [2.05, 4.69) is 24.3 Å². The molecule has 0 aromatic carbocycles. The summed E-state index contributed by atoms with van der Waals surface area (Å²) in [4.78, 5) is 0. The molecule has 4 heteroatoms.